The van der Waals surface area contributed by atoms with Crippen LogP contribution in [0.3, 0.4) is 0 Å². The zero-order valence-electron chi connectivity index (χ0n) is 11.4. The van der Waals surface area contributed by atoms with Gasteiger partial charge in [-0.3, -0.25) is 4.79 Å². The molecule has 5 heteroatoms. The van der Waals surface area contributed by atoms with Gasteiger partial charge in [0.15, 0.2) is 0 Å². The topological polar surface area (TPSA) is 75.6 Å². The number of unbranched alkanes of at least 4 members (excludes halogenated alkanes) is 1. The van der Waals surface area contributed by atoms with Crippen LogP contribution < -0.4 is 5.32 Å². The van der Waals surface area contributed by atoms with E-state index in [1.54, 1.807) is 6.92 Å². The number of nitrogens with one attached hydrogen (secondary N) is 1. The molecule has 5 nitrogen and oxygen atoms in total. The van der Waals surface area contributed by atoms with Gasteiger partial charge in [-0.2, -0.15) is 0 Å². The van der Waals surface area contributed by atoms with Crippen molar-refractivity contribution in [3.63, 3.8) is 0 Å². The Kier molecular flexibility index (Phi) is 12.3. The maximum atomic E-state index is 10.9. The number of carboxylic acids is 1. The van der Waals surface area contributed by atoms with Gasteiger partial charge >= 0.3 is 5.97 Å². The highest BCUT2D eigenvalue weighted by Gasteiger charge is 1.98. The summed E-state index contributed by atoms with van der Waals surface area (Å²) in [5.41, 5.74) is 0.684. The third-order valence-corrected chi connectivity index (χ3v) is 1.73. The van der Waals surface area contributed by atoms with Crippen molar-refractivity contribution in [3.05, 3.63) is 24.3 Å². The zero-order valence-corrected chi connectivity index (χ0v) is 11.4. The van der Waals surface area contributed by atoms with Crippen molar-refractivity contribution >= 4 is 11.9 Å². The van der Waals surface area contributed by atoms with Crippen LogP contribution in [0.1, 0.15) is 33.6 Å². The van der Waals surface area contributed by atoms with Crippen LogP contribution in [0.5, 0.6) is 0 Å². The Morgan fingerprint density at radius 3 is 2.06 bits per heavy atom. The third-order valence-electron chi connectivity index (χ3n) is 1.73. The lowest BCUT2D eigenvalue weighted by atomic mass is 10.3. The fraction of sp³-hybridized carbons (Fsp3) is 0.538. The predicted molar refractivity (Wildman–Crippen MR) is 71.1 cm³/mol. The molecule has 0 saturated carbocycles. The van der Waals surface area contributed by atoms with Crippen molar-refractivity contribution in [3.8, 4) is 0 Å². The van der Waals surface area contributed by atoms with E-state index in [2.05, 4.69) is 25.4 Å². The van der Waals surface area contributed by atoms with Crippen LogP contribution in [0.25, 0.3) is 0 Å². The fourth-order valence-electron chi connectivity index (χ4n) is 0.586. The van der Waals surface area contributed by atoms with Gasteiger partial charge in [-0.15, -0.1) is 0 Å². The molecule has 0 aliphatic rings. The lowest BCUT2D eigenvalue weighted by Gasteiger charge is -2.04. The highest BCUT2D eigenvalue weighted by molar-refractivity contribution is 5.91. The third kappa shape index (κ3) is 14.4. The molecule has 0 atom stereocenters. The second-order valence-electron chi connectivity index (χ2n) is 3.78. The van der Waals surface area contributed by atoms with Gasteiger partial charge in [0.05, 0.1) is 0 Å². The quantitative estimate of drug-likeness (QED) is 0.416. The average Bonchev–Trinajstić information content (AvgIpc) is 2.29. The van der Waals surface area contributed by atoms with Gasteiger partial charge in [0, 0.05) is 17.8 Å². The number of carbonyl (C=O) groups is 2. The molecule has 1 amide bonds. The highest BCUT2D eigenvalue weighted by Crippen LogP contribution is 1.88. The lowest BCUT2D eigenvalue weighted by Crippen LogP contribution is -2.26. The molecule has 0 bridgehead atoms. The number of ether oxygens (including phenoxy) is 1. The van der Waals surface area contributed by atoms with Crippen molar-refractivity contribution in [2.75, 3.05) is 13.3 Å². The summed E-state index contributed by atoms with van der Waals surface area (Å²) in [6.45, 7) is 12.9. The van der Waals surface area contributed by atoms with Gasteiger partial charge < -0.3 is 15.2 Å². The SMILES string of the molecule is C=C(C)C(=O)NCOCCCC.C=C(C)C(=O)O. The summed E-state index contributed by atoms with van der Waals surface area (Å²) in [7, 11) is 0. The van der Waals surface area contributed by atoms with Gasteiger partial charge in [0.2, 0.25) is 5.91 Å². The molecule has 0 aromatic carbocycles. The predicted octanol–water partition coefficient (Wildman–Crippen LogP) is 2.10. The molecular weight excluding hydrogens is 234 g/mol. The van der Waals surface area contributed by atoms with E-state index < -0.39 is 5.97 Å². The summed E-state index contributed by atoms with van der Waals surface area (Å²) in [5, 5.41) is 10.5. The molecule has 104 valence electrons. The fourth-order valence-corrected chi connectivity index (χ4v) is 0.586. The summed E-state index contributed by atoms with van der Waals surface area (Å²) >= 11 is 0. The number of aliphatic carboxylic acids is 1. The van der Waals surface area contributed by atoms with Crippen LogP contribution in [0.4, 0.5) is 0 Å². The van der Waals surface area contributed by atoms with Crippen LogP contribution in [-0.4, -0.2) is 30.3 Å². The van der Waals surface area contributed by atoms with E-state index in [9.17, 15) is 9.59 Å². The van der Waals surface area contributed by atoms with E-state index in [4.69, 9.17) is 9.84 Å². The first kappa shape index (κ1) is 18.7. The lowest BCUT2D eigenvalue weighted by molar-refractivity contribution is -0.132. The first-order valence-electron chi connectivity index (χ1n) is 5.73. The largest absolute Gasteiger partial charge is 0.478 e. The number of hydrogen-bond acceptors (Lipinski definition) is 3. The van der Waals surface area contributed by atoms with Gasteiger partial charge in [-0.25, -0.2) is 4.79 Å². The molecule has 0 aromatic rings. The second kappa shape index (κ2) is 11.9. The summed E-state index contributed by atoms with van der Waals surface area (Å²) in [6, 6.07) is 0. The molecule has 0 saturated heterocycles. The Hall–Kier alpha value is -1.62. The summed E-state index contributed by atoms with van der Waals surface area (Å²) < 4.78 is 5.12. The molecule has 0 spiro atoms. The number of carboxylic acid groups (broad SMARTS) is 1. The van der Waals surface area contributed by atoms with Crippen molar-refractivity contribution in [1.29, 1.82) is 0 Å². The minimum atomic E-state index is -0.935. The molecule has 0 aliphatic carbocycles. The van der Waals surface area contributed by atoms with Crippen LogP contribution in [0, 0.1) is 0 Å². The maximum absolute atomic E-state index is 10.9. The van der Waals surface area contributed by atoms with Gasteiger partial charge in [-0.05, 0) is 20.3 Å². The minimum Gasteiger partial charge on any atom is -0.478 e. The molecule has 2 N–H and O–H groups in total. The Bertz CT molecular complexity index is 285. The van der Waals surface area contributed by atoms with Crippen molar-refractivity contribution in [2.45, 2.75) is 33.6 Å². The van der Waals surface area contributed by atoms with Gasteiger partial charge in [-0.1, -0.05) is 26.5 Å². The maximum Gasteiger partial charge on any atom is 0.330 e. The van der Waals surface area contributed by atoms with E-state index >= 15 is 0 Å². The first-order valence-corrected chi connectivity index (χ1v) is 5.73. The molecule has 0 rings (SSSR count). The zero-order chi connectivity index (χ0) is 14.6. The Labute approximate surface area is 109 Å². The molecular formula is C13H23NO4. The normalized spacial score (nSPS) is 8.83. The first-order chi connectivity index (χ1) is 8.32. The summed E-state index contributed by atoms with van der Waals surface area (Å²) in [5.74, 6) is -1.08. The number of rotatable bonds is 7. The van der Waals surface area contributed by atoms with Crippen molar-refractivity contribution in [2.24, 2.45) is 0 Å². The average molecular weight is 257 g/mol. The van der Waals surface area contributed by atoms with Crippen LogP contribution in [0.2, 0.25) is 0 Å². The molecule has 0 heterocycles. The minimum absolute atomic E-state index is 0.147. The Balaban J connectivity index is 0. The van der Waals surface area contributed by atoms with E-state index in [1.807, 2.05) is 0 Å². The van der Waals surface area contributed by atoms with Crippen LogP contribution in [0.15, 0.2) is 24.3 Å². The number of carbonyl (C=O) groups excluding carboxylic acids is 1. The monoisotopic (exact) mass is 257 g/mol. The molecule has 0 unspecified atom stereocenters. The molecule has 0 aliphatic heterocycles. The molecule has 0 radical (unpaired) electrons. The summed E-state index contributed by atoms with van der Waals surface area (Å²) in [6.07, 6.45) is 2.14. The van der Waals surface area contributed by atoms with Gasteiger partial charge in [0.1, 0.15) is 6.73 Å². The van der Waals surface area contributed by atoms with Crippen molar-refractivity contribution in [1.82, 2.24) is 5.32 Å². The number of amides is 1. The van der Waals surface area contributed by atoms with E-state index in [0.29, 0.717) is 12.2 Å². The van der Waals surface area contributed by atoms with Gasteiger partial charge in [0.25, 0.3) is 0 Å². The molecule has 0 aromatic heterocycles. The summed E-state index contributed by atoms with van der Waals surface area (Å²) in [4.78, 5) is 20.5. The highest BCUT2D eigenvalue weighted by atomic mass is 16.5. The number of hydrogen-bond donors (Lipinski definition) is 2. The van der Waals surface area contributed by atoms with Crippen LogP contribution in [-0.2, 0) is 14.3 Å². The Morgan fingerprint density at radius 1 is 1.22 bits per heavy atom. The van der Waals surface area contributed by atoms with Crippen LogP contribution >= 0.6 is 0 Å². The smallest absolute Gasteiger partial charge is 0.330 e. The second-order valence-corrected chi connectivity index (χ2v) is 3.78. The standard InChI is InChI=1S/C9H17NO2.C4H6O2/c1-4-5-6-12-7-10-9(11)8(2)3;1-3(2)4(5)6/h2,4-7H2,1,3H3,(H,10,11);1H2,2H3,(H,5,6). The molecule has 0 fully saturated rings. The molecule has 18 heavy (non-hydrogen) atoms. The van der Waals surface area contributed by atoms with Crippen molar-refractivity contribution < 1.29 is 19.4 Å². The van der Waals surface area contributed by atoms with E-state index in [1.165, 1.54) is 6.92 Å². The Morgan fingerprint density at radius 2 is 1.72 bits per heavy atom. The van der Waals surface area contributed by atoms with E-state index in [0.717, 1.165) is 12.8 Å². The van der Waals surface area contributed by atoms with E-state index in [-0.39, 0.29) is 18.2 Å².